The van der Waals surface area contributed by atoms with Crippen molar-refractivity contribution in [3.63, 3.8) is 0 Å². The van der Waals surface area contributed by atoms with Crippen molar-refractivity contribution >= 4 is 23.6 Å². The van der Waals surface area contributed by atoms with Gasteiger partial charge in [-0.1, -0.05) is 30.3 Å². The molecule has 7 nitrogen and oxygen atoms in total. The molecule has 2 aromatic carbocycles. The molecule has 1 unspecified atom stereocenters. The Morgan fingerprint density at radius 2 is 1.75 bits per heavy atom. The Morgan fingerprint density at radius 1 is 1.04 bits per heavy atom. The molecule has 148 valence electrons. The molecule has 2 aromatic rings. The Balaban J connectivity index is 1.71. The molecule has 0 bridgehead atoms. The molecule has 9 heteroatoms. The van der Waals surface area contributed by atoms with Crippen LogP contribution in [-0.4, -0.2) is 30.5 Å². The van der Waals surface area contributed by atoms with Gasteiger partial charge in [-0.2, -0.15) is 0 Å². The number of benzene rings is 2. The lowest BCUT2D eigenvalue weighted by atomic mass is 10.2. The Labute approximate surface area is 160 Å². The molecule has 0 spiro atoms. The summed E-state index contributed by atoms with van der Waals surface area (Å²) in [5, 5.41) is 6.97. The second kappa shape index (κ2) is 10.0. The summed E-state index contributed by atoms with van der Waals surface area (Å²) in [5.74, 6) is -3.39. The van der Waals surface area contributed by atoms with Gasteiger partial charge in [-0.3, -0.25) is 9.59 Å². The summed E-state index contributed by atoms with van der Waals surface area (Å²) in [6, 6.07) is 10.9. The van der Waals surface area contributed by atoms with Gasteiger partial charge in [0.1, 0.15) is 12.6 Å². The molecule has 0 saturated heterocycles. The number of hydrogen-bond donors (Lipinski definition) is 3. The van der Waals surface area contributed by atoms with E-state index in [9.17, 15) is 23.2 Å². The van der Waals surface area contributed by atoms with E-state index in [-0.39, 0.29) is 12.3 Å². The van der Waals surface area contributed by atoms with E-state index in [2.05, 4.69) is 16.0 Å². The molecule has 0 radical (unpaired) electrons. The van der Waals surface area contributed by atoms with Crippen LogP contribution < -0.4 is 16.0 Å². The number of carbonyl (C=O) groups excluding carboxylic acids is 3. The highest BCUT2D eigenvalue weighted by Gasteiger charge is 2.17. The van der Waals surface area contributed by atoms with Gasteiger partial charge in [0.25, 0.3) is 0 Å². The first-order chi connectivity index (χ1) is 13.3. The standard InChI is InChI=1S/C19H19F2N3O4/c1-12(23-19(27)28-11-13-5-3-2-4-6-13)18(26)22-10-17(25)24-14-7-8-15(20)16(21)9-14/h2-9,12H,10-11H2,1H3,(H,22,26)(H,23,27)(H,24,25). The van der Waals surface area contributed by atoms with E-state index in [0.29, 0.717) is 0 Å². The van der Waals surface area contributed by atoms with Gasteiger partial charge < -0.3 is 20.7 Å². The van der Waals surface area contributed by atoms with Crippen LogP contribution in [0.25, 0.3) is 0 Å². The van der Waals surface area contributed by atoms with Gasteiger partial charge >= 0.3 is 6.09 Å². The van der Waals surface area contributed by atoms with Gasteiger partial charge in [0.15, 0.2) is 11.6 Å². The third-order valence-corrected chi connectivity index (χ3v) is 3.57. The highest BCUT2D eigenvalue weighted by atomic mass is 19.2. The van der Waals surface area contributed by atoms with Gasteiger partial charge in [-0.25, -0.2) is 13.6 Å². The molecular formula is C19H19F2N3O4. The van der Waals surface area contributed by atoms with Gasteiger partial charge in [-0.15, -0.1) is 0 Å². The smallest absolute Gasteiger partial charge is 0.408 e. The summed E-state index contributed by atoms with van der Waals surface area (Å²) in [6.45, 7) is 1.06. The molecule has 0 heterocycles. The van der Waals surface area contributed by atoms with Crippen LogP contribution in [0, 0.1) is 11.6 Å². The SMILES string of the molecule is CC(NC(=O)OCc1ccccc1)C(=O)NCC(=O)Nc1ccc(F)c(F)c1. The number of rotatable bonds is 7. The van der Waals surface area contributed by atoms with Crippen LogP contribution in [0.15, 0.2) is 48.5 Å². The number of alkyl carbamates (subject to hydrolysis) is 1. The number of carbonyl (C=O) groups is 3. The minimum atomic E-state index is -1.10. The minimum Gasteiger partial charge on any atom is -0.445 e. The van der Waals surface area contributed by atoms with Crippen molar-refractivity contribution in [2.24, 2.45) is 0 Å². The fraction of sp³-hybridized carbons (Fsp3) is 0.211. The lowest BCUT2D eigenvalue weighted by Gasteiger charge is -2.14. The molecule has 0 saturated carbocycles. The first kappa shape index (κ1) is 20.8. The van der Waals surface area contributed by atoms with E-state index in [1.165, 1.54) is 13.0 Å². The molecule has 0 fully saturated rings. The molecule has 0 aromatic heterocycles. The average Bonchev–Trinajstić information content (AvgIpc) is 2.68. The maximum atomic E-state index is 13.1. The zero-order chi connectivity index (χ0) is 20.5. The first-order valence-corrected chi connectivity index (χ1v) is 8.35. The van der Waals surface area contributed by atoms with Gasteiger partial charge in [0.2, 0.25) is 11.8 Å². The Hall–Kier alpha value is -3.49. The number of anilines is 1. The predicted octanol–water partition coefficient (Wildman–Crippen LogP) is 2.33. The monoisotopic (exact) mass is 391 g/mol. The van der Waals surface area contributed by atoms with Crippen LogP contribution in [-0.2, 0) is 20.9 Å². The Bertz CT molecular complexity index is 846. The number of ether oxygens (including phenoxy) is 1. The fourth-order valence-corrected chi connectivity index (χ4v) is 2.11. The molecular weight excluding hydrogens is 372 g/mol. The molecule has 3 N–H and O–H groups in total. The molecule has 1 atom stereocenters. The lowest BCUT2D eigenvalue weighted by molar-refractivity contribution is -0.125. The van der Waals surface area contributed by atoms with E-state index in [0.717, 1.165) is 17.7 Å². The van der Waals surface area contributed by atoms with Gasteiger partial charge in [0, 0.05) is 11.8 Å². The molecule has 2 rings (SSSR count). The summed E-state index contributed by atoms with van der Waals surface area (Å²) in [7, 11) is 0. The first-order valence-electron chi connectivity index (χ1n) is 8.35. The van der Waals surface area contributed by atoms with Crippen molar-refractivity contribution in [2.45, 2.75) is 19.6 Å². The van der Waals surface area contributed by atoms with Crippen molar-refractivity contribution in [3.8, 4) is 0 Å². The number of nitrogens with one attached hydrogen (secondary N) is 3. The Morgan fingerprint density at radius 3 is 2.43 bits per heavy atom. The number of halogens is 2. The van der Waals surface area contributed by atoms with Crippen LogP contribution in [0.3, 0.4) is 0 Å². The van der Waals surface area contributed by atoms with Crippen LogP contribution in [0.2, 0.25) is 0 Å². The highest BCUT2D eigenvalue weighted by Crippen LogP contribution is 2.12. The largest absolute Gasteiger partial charge is 0.445 e. The van der Waals surface area contributed by atoms with Crippen molar-refractivity contribution < 1.29 is 27.9 Å². The molecule has 28 heavy (non-hydrogen) atoms. The topological polar surface area (TPSA) is 96.5 Å². The molecule has 0 aliphatic heterocycles. The van der Waals surface area contributed by atoms with Crippen molar-refractivity contribution in [1.29, 1.82) is 0 Å². The summed E-state index contributed by atoms with van der Waals surface area (Å²) in [6.07, 6.45) is -0.780. The number of amides is 3. The molecule has 0 aliphatic carbocycles. The van der Waals surface area contributed by atoms with E-state index < -0.39 is 42.1 Å². The zero-order valence-corrected chi connectivity index (χ0v) is 15.0. The maximum absolute atomic E-state index is 13.1. The average molecular weight is 391 g/mol. The second-order valence-electron chi connectivity index (χ2n) is 5.82. The van der Waals surface area contributed by atoms with Crippen molar-refractivity contribution in [1.82, 2.24) is 10.6 Å². The minimum absolute atomic E-state index is 0.0498. The third kappa shape index (κ3) is 6.67. The summed E-state index contributed by atoms with van der Waals surface area (Å²) < 4.78 is 30.9. The van der Waals surface area contributed by atoms with E-state index in [1.54, 1.807) is 24.3 Å². The van der Waals surface area contributed by atoms with Crippen molar-refractivity contribution in [2.75, 3.05) is 11.9 Å². The van der Waals surface area contributed by atoms with E-state index in [1.807, 2.05) is 6.07 Å². The summed E-state index contributed by atoms with van der Waals surface area (Å²) in [4.78, 5) is 35.4. The summed E-state index contributed by atoms with van der Waals surface area (Å²) >= 11 is 0. The predicted molar refractivity (Wildman–Crippen MR) is 97.2 cm³/mol. The van der Waals surface area contributed by atoms with Gasteiger partial charge in [-0.05, 0) is 24.6 Å². The second-order valence-corrected chi connectivity index (χ2v) is 5.82. The van der Waals surface area contributed by atoms with Crippen LogP contribution in [0.1, 0.15) is 12.5 Å². The lowest BCUT2D eigenvalue weighted by Crippen LogP contribution is -2.46. The molecule has 0 aliphatic rings. The fourth-order valence-electron chi connectivity index (χ4n) is 2.11. The van der Waals surface area contributed by atoms with Gasteiger partial charge in [0.05, 0.1) is 6.54 Å². The van der Waals surface area contributed by atoms with Crippen molar-refractivity contribution in [3.05, 3.63) is 65.7 Å². The summed E-state index contributed by atoms with van der Waals surface area (Å²) in [5.41, 5.74) is 0.845. The highest BCUT2D eigenvalue weighted by molar-refractivity contribution is 5.95. The quantitative estimate of drug-likeness (QED) is 0.675. The Kier molecular flexibility index (Phi) is 7.44. The van der Waals surface area contributed by atoms with E-state index in [4.69, 9.17) is 4.74 Å². The number of hydrogen-bond acceptors (Lipinski definition) is 4. The zero-order valence-electron chi connectivity index (χ0n) is 15.0. The van der Waals surface area contributed by atoms with Crippen LogP contribution in [0.4, 0.5) is 19.3 Å². The normalized spacial score (nSPS) is 11.2. The third-order valence-electron chi connectivity index (χ3n) is 3.57. The maximum Gasteiger partial charge on any atom is 0.408 e. The molecule has 3 amide bonds. The van der Waals surface area contributed by atoms with Crippen LogP contribution >= 0.6 is 0 Å². The van der Waals surface area contributed by atoms with Crippen LogP contribution in [0.5, 0.6) is 0 Å². The van der Waals surface area contributed by atoms with E-state index >= 15 is 0 Å².